The van der Waals surface area contributed by atoms with E-state index in [9.17, 15) is 9.90 Å². The van der Waals surface area contributed by atoms with Crippen molar-refractivity contribution in [3.05, 3.63) is 0 Å². The molecule has 1 aliphatic carbocycles. The minimum absolute atomic E-state index is 0.0543. The molecule has 1 amide bonds. The topological polar surface area (TPSA) is 84.6 Å². The van der Waals surface area contributed by atoms with E-state index in [0.717, 1.165) is 25.7 Å². The molecule has 0 radical (unpaired) electrons. The maximum atomic E-state index is 11.4. The number of amides is 1. The minimum atomic E-state index is -0.131. The molecule has 0 atom stereocenters. The summed E-state index contributed by atoms with van der Waals surface area (Å²) in [4.78, 5) is 11.4. The minimum Gasteiger partial charge on any atom is -0.396 e. The molecule has 0 aromatic heterocycles. The van der Waals surface area contributed by atoms with Crippen molar-refractivity contribution in [2.45, 2.75) is 25.7 Å². The van der Waals surface area contributed by atoms with Crippen molar-refractivity contribution in [1.29, 1.82) is 0 Å². The molecule has 0 aromatic carbocycles. The molecule has 0 heterocycles. The van der Waals surface area contributed by atoms with Crippen LogP contribution in [0, 0.1) is 5.41 Å². The summed E-state index contributed by atoms with van der Waals surface area (Å²) in [6.07, 6.45) is 4.26. The highest BCUT2D eigenvalue weighted by Crippen LogP contribution is 2.36. The number of hydrogen-bond donors (Lipinski definition) is 3. The van der Waals surface area contributed by atoms with Gasteiger partial charge in [-0.05, 0) is 12.8 Å². The summed E-state index contributed by atoms with van der Waals surface area (Å²) in [5.74, 6) is -0.131. The fourth-order valence-electron chi connectivity index (χ4n) is 2.10. The average molecular weight is 230 g/mol. The Labute approximate surface area is 96.3 Å². The molecule has 16 heavy (non-hydrogen) atoms. The quantitative estimate of drug-likeness (QED) is 0.521. The third kappa shape index (κ3) is 4.08. The highest BCUT2D eigenvalue weighted by molar-refractivity contribution is 5.77. The monoisotopic (exact) mass is 230 g/mol. The summed E-state index contributed by atoms with van der Waals surface area (Å²) >= 11 is 0. The second-order valence-electron chi connectivity index (χ2n) is 4.48. The van der Waals surface area contributed by atoms with Gasteiger partial charge in [0.25, 0.3) is 0 Å². The molecule has 0 aromatic rings. The van der Waals surface area contributed by atoms with Crippen LogP contribution in [0.25, 0.3) is 0 Å². The van der Waals surface area contributed by atoms with Gasteiger partial charge < -0.3 is 20.9 Å². The maximum absolute atomic E-state index is 11.4. The number of nitrogens with one attached hydrogen (secondary N) is 1. The van der Waals surface area contributed by atoms with E-state index >= 15 is 0 Å². The molecule has 5 heteroatoms. The van der Waals surface area contributed by atoms with Gasteiger partial charge in [-0.15, -0.1) is 0 Å². The van der Waals surface area contributed by atoms with Crippen LogP contribution in [0.3, 0.4) is 0 Å². The van der Waals surface area contributed by atoms with Crippen LogP contribution in [0.5, 0.6) is 0 Å². The van der Waals surface area contributed by atoms with E-state index in [4.69, 9.17) is 10.5 Å². The van der Waals surface area contributed by atoms with Gasteiger partial charge in [0.05, 0.1) is 13.2 Å². The molecule has 0 unspecified atom stereocenters. The van der Waals surface area contributed by atoms with Gasteiger partial charge in [-0.2, -0.15) is 0 Å². The largest absolute Gasteiger partial charge is 0.396 e. The smallest absolute Gasteiger partial charge is 0.246 e. The summed E-state index contributed by atoms with van der Waals surface area (Å²) in [5, 5.41) is 12.2. The van der Waals surface area contributed by atoms with Crippen LogP contribution in [0.4, 0.5) is 0 Å². The molecule has 1 saturated carbocycles. The lowest BCUT2D eigenvalue weighted by Crippen LogP contribution is -2.39. The zero-order valence-corrected chi connectivity index (χ0v) is 9.71. The molecular formula is C11H22N2O3. The van der Waals surface area contributed by atoms with Gasteiger partial charge in [0.1, 0.15) is 6.61 Å². The van der Waals surface area contributed by atoms with Gasteiger partial charge in [-0.1, -0.05) is 12.8 Å². The van der Waals surface area contributed by atoms with Gasteiger partial charge in [-0.25, -0.2) is 0 Å². The Hall–Kier alpha value is -0.650. The standard InChI is InChI=1S/C11H22N2O3/c12-5-6-16-7-10(15)13-8-11(9-14)3-1-2-4-11/h14H,1-9,12H2,(H,13,15). The number of rotatable bonds is 7. The first-order valence-corrected chi connectivity index (χ1v) is 5.88. The maximum Gasteiger partial charge on any atom is 0.246 e. The Morgan fingerprint density at radius 1 is 1.44 bits per heavy atom. The molecule has 4 N–H and O–H groups in total. The summed E-state index contributed by atoms with van der Waals surface area (Å²) in [6, 6.07) is 0. The van der Waals surface area contributed by atoms with Gasteiger partial charge in [-0.3, -0.25) is 4.79 Å². The lowest BCUT2D eigenvalue weighted by Gasteiger charge is -2.26. The van der Waals surface area contributed by atoms with Gasteiger partial charge in [0.2, 0.25) is 5.91 Å². The summed E-state index contributed by atoms with van der Waals surface area (Å²) in [6.45, 7) is 1.58. The Bertz CT molecular complexity index is 215. The highest BCUT2D eigenvalue weighted by Gasteiger charge is 2.33. The molecule has 1 fully saturated rings. The first-order chi connectivity index (χ1) is 7.72. The van der Waals surface area contributed by atoms with Crippen LogP contribution >= 0.6 is 0 Å². The van der Waals surface area contributed by atoms with E-state index in [1.807, 2.05) is 0 Å². The van der Waals surface area contributed by atoms with Crippen LogP contribution in [-0.4, -0.2) is 43.9 Å². The lowest BCUT2D eigenvalue weighted by atomic mass is 9.87. The van der Waals surface area contributed by atoms with E-state index in [1.165, 1.54) is 0 Å². The number of aliphatic hydroxyl groups is 1. The first kappa shape index (κ1) is 13.4. The highest BCUT2D eigenvalue weighted by atomic mass is 16.5. The number of ether oxygens (including phenoxy) is 1. The first-order valence-electron chi connectivity index (χ1n) is 5.88. The third-order valence-electron chi connectivity index (χ3n) is 3.16. The Kier molecular flexibility index (Phi) is 5.73. The van der Waals surface area contributed by atoms with E-state index in [-0.39, 0.29) is 24.5 Å². The SMILES string of the molecule is NCCOCC(=O)NCC1(CO)CCCC1. The van der Waals surface area contributed by atoms with Crippen molar-refractivity contribution in [2.75, 3.05) is 32.9 Å². The normalized spacial score (nSPS) is 18.6. The van der Waals surface area contributed by atoms with E-state index in [0.29, 0.717) is 19.7 Å². The van der Waals surface area contributed by atoms with Crippen LogP contribution in [0.1, 0.15) is 25.7 Å². The van der Waals surface area contributed by atoms with Crippen molar-refractivity contribution in [3.8, 4) is 0 Å². The number of aliphatic hydroxyl groups excluding tert-OH is 1. The molecule has 0 aliphatic heterocycles. The van der Waals surface area contributed by atoms with Crippen LogP contribution in [-0.2, 0) is 9.53 Å². The molecule has 0 bridgehead atoms. The molecule has 94 valence electrons. The molecule has 1 rings (SSSR count). The second kappa shape index (κ2) is 6.83. The molecule has 1 aliphatic rings. The fraction of sp³-hybridized carbons (Fsp3) is 0.909. The predicted octanol–water partition coefficient (Wildman–Crippen LogP) is -0.369. The van der Waals surface area contributed by atoms with Crippen molar-refractivity contribution in [2.24, 2.45) is 11.1 Å². The predicted molar refractivity (Wildman–Crippen MR) is 60.9 cm³/mol. The molecule has 0 saturated heterocycles. The zero-order valence-electron chi connectivity index (χ0n) is 9.71. The van der Waals surface area contributed by atoms with Crippen LogP contribution in [0.15, 0.2) is 0 Å². The van der Waals surface area contributed by atoms with Crippen molar-refractivity contribution >= 4 is 5.91 Å². The van der Waals surface area contributed by atoms with Gasteiger partial charge in [0.15, 0.2) is 0 Å². The van der Waals surface area contributed by atoms with Gasteiger partial charge >= 0.3 is 0 Å². The third-order valence-corrected chi connectivity index (χ3v) is 3.16. The Balaban J connectivity index is 2.19. The van der Waals surface area contributed by atoms with E-state index < -0.39 is 0 Å². The Morgan fingerprint density at radius 3 is 2.69 bits per heavy atom. The zero-order chi connectivity index (χ0) is 11.9. The number of carbonyl (C=O) groups is 1. The molecule has 0 spiro atoms. The second-order valence-corrected chi connectivity index (χ2v) is 4.48. The number of hydrogen-bond acceptors (Lipinski definition) is 4. The summed E-state index contributed by atoms with van der Waals surface area (Å²) < 4.78 is 5.03. The average Bonchev–Trinajstić information content (AvgIpc) is 2.76. The number of carbonyl (C=O) groups excluding carboxylic acids is 1. The van der Waals surface area contributed by atoms with E-state index in [2.05, 4.69) is 5.32 Å². The van der Waals surface area contributed by atoms with Crippen molar-refractivity contribution in [1.82, 2.24) is 5.32 Å². The summed E-state index contributed by atoms with van der Waals surface area (Å²) in [7, 11) is 0. The van der Waals surface area contributed by atoms with Crippen molar-refractivity contribution < 1.29 is 14.6 Å². The fourth-order valence-corrected chi connectivity index (χ4v) is 2.10. The molecular weight excluding hydrogens is 208 g/mol. The van der Waals surface area contributed by atoms with Gasteiger partial charge in [0, 0.05) is 18.5 Å². The molecule has 5 nitrogen and oxygen atoms in total. The van der Waals surface area contributed by atoms with Crippen LogP contribution < -0.4 is 11.1 Å². The van der Waals surface area contributed by atoms with Crippen molar-refractivity contribution in [3.63, 3.8) is 0 Å². The lowest BCUT2D eigenvalue weighted by molar-refractivity contribution is -0.126. The van der Waals surface area contributed by atoms with Crippen LogP contribution in [0.2, 0.25) is 0 Å². The van der Waals surface area contributed by atoms with E-state index in [1.54, 1.807) is 0 Å². The number of nitrogens with two attached hydrogens (primary N) is 1. The Morgan fingerprint density at radius 2 is 2.12 bits per heavy atom. The summed E-state index contributed by atoms with van der Waals surface area (Å²) in [5.41, 5.74) is 5.15.